The molecule has 0 spiro atoms. The number of nitrogen functional groups attached to an aromatic ring is 1. The van der Waals surface area contributed by atoms with E-state index in [-0.39, 0.29) is 16.3 Å². The quantitative estimate of drug-likeness (QED) is 0.485. The van der Waals surface area contributed by atoms with Crippen LogP contribution in [0.25, 0.3) is 10.1 Å². The summed E-state index contributed by atoms with van der Waals surface area (Å²) in [6, 6.07) is 2.72. The molecule has 0 unspecified atom stereocenters. The molecule has 6 nitrogen and oxygen atoms in total. The van der Waals surface area contributed by atoms with Crippen LogP contribution in [-0.2, 0) is 0 Å². The van der Waals surface area contributed by atoms with Gasteiger partial charge in [0.2, 0.25) is 0 Å². The summed E-state index contributed by atoms with van der Waals surface area (Å²) in [5.74, 6) is -1.05. The Morgan fingerprint density at radius 3 is 2.71 bits per heavy atom. The zero-order valence-corrected chi connectivity index (χ0v) is 9.58. The predicted octanol–water partition coefficient (Wildman–Crippen LogP) is 2.40. The molecule has 1 aromatic carbocycles. The first-order valence-corrected chi connectivity index (χ1v) is 5.43. The van der Waals surface area contributed by atoms with Crippen molar-refractivity contribution in [1.82, 2.24) is 0 Å². The van der Waals surface area contributed by atoms with Crippen LogP contribution in [0.4, 0.5) is 11.4 Å². The Bertz CT molecular complexity index is 647. The number of nitro groups is 1. The van der Waals surface area contributed by atoms with E-state index in [2.05, 4.69) is 0 Å². The summed E-state index contributed by atoms with van der Waals surface area (Å²) in [4.78, 5) is 21.2. The Balaban J connectivity index is 2.81. The number of benzene rings is 1. The first-order valence-electron chi connectivity index (χ1n) is 4.62. The topological polar surface area (TPSA) is 106 Å². The van der Waals surface area contributed by atoms with Gasteiger partial charge in [-0.05, 0) is 18.6 Å². The summed E-state index contributed by atoms with van der Waals surface area (Å²) in [5.41, 5.74) is 6.09. The number of carboxylic acids is 1. The summed E-state index contributed by atoms with van der Waals surface area (Å²) < 4.78 is 0.672. The number of hydrogen-bond donors (Lipinski definition) is 2. The van der Waals surface area contributed by atoms with Crippen molar-refractivity contribution >= 4 is 38.8 Å². The molecule has 0 radical (unpaired) electrons. The molecule has 7 heteroatoms. The van der Waals surface area contributed by atoms with E-state index in [0.717, 1.165) is 11.3 Å². The second-order valence-corrected chi connectivity index (χ2v) is 4.58. The number of thiophene rings is 1. The number of aryl methyl sites for hydroxylation is 1. The second-order valence-electron chi connectivity index (χ2n) is 3.53. The highest BCUT2D eigenvalue weighted by atomic mass is 32.1. The number of rotatable bonds is 2. The summed E-state index contributed by atoms with van der Waals surface area (Å²) >= 11 is 1.06. The van der Waals surface area contributed by atoms with Gasteiger partial charge in [-0.25, -0.2) is 4.79 Å². The van der Waals surface area contributed by atoms with Gasteiger partial charge in [0.25, 0.3) is 5.69 Å². The zero-order chi connectivity index (χ0) is 12.7. The highest BCUT2D eigenvalue weighted by Gasteiger charge is 2.19. The average Bonchev–Trinajstić information content (AvgIpc) is 2.67. The molecule has 1 aromatic heterocycles. The highest BCUT2D eigenvalue weighted by molar-refractivity contribution is 7.21. The van der Waals surface area contributed by atoms with Crippen molar-refractivity contribution in [2.45, 2.75) is 6.92 Å². The third kappa shape index (κ3) is 1.70. The van der Waals surface area contributed by atoms with E-state index in [1.807, 2.05) is 0 Å². The molecular weight excluding hydrogens is 244 g/mol. The molecule has 0 bridgehead atoms. The van der Waals surface area contributed by atoms with E-state index in [1.54, 1.807) is 6.92 Å². The lowest BCUT2D eigenvalue weighted by atomic mass is 10.1. The van der Waals surface area contributed by atoms with Crippen LogP contribution in [0.15, 0.2) is 12.1 Å². The molecule has 0 fully saturated rings. The Kier molecular flexibility index (Phi) is 2.47. The van der Waals surface area contributed by atoms with E-state index in [1.165, 1.54) is 12.1 Å². The maximum Gasteiger partial charge on any atom is 0.345 e. The van der Waals surface area contributed by atoms with Crippen LogP contribution >= 0.6 is 11.3 Å². The fourth-order valence-electron chi connectivity index (χ4n) is 1.60. The largest absolute Gasteiger partial charge is 0.477 e. The number of fused-ring (bicyclic) bond motifs is 1. The molecule has 0 amide bonds. The summed E-state index contributed by atoms with van der Waals surface area (Å²) in [6.45, 7) is 1.65. The molecule has 0 aliphatic heterocycles. The summed E-state index contributed by atoms with van der Waals surface area (Å²) in [5, 5.41) is 20.2. The summed E-state index contributed by atoms with van der Waals surface area (Å²) in [7, 11) is 0. The van der Waals surface area contributed by atoms with Gasteiger partial charge in [-0.2, -0.15) is 0 Å². The van der Waals surface area contributed by atoms with E-state index < -0.39 is 10.9 Å². The molecule has 17 heavy (non-hydrogen) atoms. The van der Waals surface area contributed by atoms with Crippen molar-refractivity contribution in [2.24, 2.45) is 0 Å². The average molecular weight is 252 g/mol. The van der Waals surface area contributed by atoms with Gasteiger partial charge in [0.15, 0.2) is 0 Å². The van der Waals surface area contributed by atoms with Crippen LogP contribution in [-0.4, -0.2) is 16.0 Å². The van der Waals surface area contributed by atoms with Crippen molar-refractivity contribution in [3.63, 3.8) is 0 Å². The third-order valence-corrected chi connectivity index (χ3v) is 3.74. The van der Waals surface area contributed by atoms with Crippen molar-refractivity contribution in [2.75, 3.05) is 5.73 Å². The molecule has 88 valence electrons. The van der Waals surface area contributed by atoms with Crippen molar-refractivity contribution in [3.8, 4) is 0 Å². The normalized spacial score (nSPS) is 10.6. The molecule has 0 aliphatic carbocycles. The van der Waals surface area contributed by atoms with Crippen LogP contribution in [0.2, 0.25) is 0 Å². The van der Waals surface area contributed by atoms with Gasteiger partial charge in [-0.3, -0.25) is 10.1 Å². The standard InChI is InChI=1S/C10H8N2O4S/c1-4-8(11)6(12(15)16)2-5-3-7(10(13)14)17-9(4)5/h2-3H,11H2,1H3,(H,13,14). The van der Waals surface area contributed by atoms with Gasteiger partial charge in [0.1, 0.15) is 10.6 Å². The maximum absolute atomic E-state index is 10.8. The first-order chi connectivity index (χ1) is 7.91. The number of hydrogen-bond acceptors (Lipinski definition) is 5. The van der Waals surface area contributed by atoms with E-state index in [0.29, 0.717) is 15.6 Å². The number of carbonyl (C=O) groups is 1. The Labute approximate surface area is 99.4 Å². The lowest BCUT2D eigenvalue weighted by Gasteiger charge is -2.02. The smallest absolute Gasteiger partial charge is 0.345 e. The van der Waals surface area contributed by atoms with Crippen LogP contribution < -0.4 is 5.73 Å². The number of nitrogens with two attached hydrogens (primary N) is 1. The molecule has 2 rings (SSSR count). The van der Waals surface area contributed by atoms with Gasteiger partial charge in [0.05, 0.1) is 4.92 Å². The molecule has 3 N–H and O–H groups in total. The minimum Gasteiger partial charge on any atom is -0.477 e. The number of nitro benzene ring substituents is 1. The number of carboxylic acid groups (broad SMARTS) is 1. The molecular formula is C10H8N2O4S. The second kappa shape index (κ2) is 3.70. The molecule has 0 aliphatic rings. The number of aromatic carboxylic acids is 1. The molecule has 0 atom stereocenters. The minimum atomic E-state index is -1.05. The summed E-state index contributed by atoms with van der Waals surface area (Å²) in [6.07, 6.45) is 0. The Hall–Kier alpha value is -2.15. The van der Waals surface area contributed by atoms with E-state index in [9.17, 15) is 14.9 Å². The Morgan fingerprint density at radius 2 is 2.18 bits per heavy atom. The molecule has 2 aromatic rings. The van der Waals surface area contributed by atoms with Gasteiger partial charge in [-0.15, -0.1) is 11.3 Å². The fourth-order valence-corrected chi connectivity index (χ4v) is 2.59. The van der Waals surface area contributed by atoms with E-state index in [4.69, 9.17) is 10.8 Å². The Morgan fingerprint density at radius 1 is 1.53 bits per heavy atom. The van der Waals surface area contributed by atoms with Crippen LogP contribution in [0, 0.1) is 17.0 Å². The van der Waals surface area contributed by atoms with Gasteiger partial charge < -0.3 is 10.8 Å². The van der Waals surface area contributed by atoms with Crippen molar-refractivity contribution in [1.29, 1.82) is 0 Å². The van der Waals surface area contributed by atoms with Gasteiger partial charge in [0, 0.05) is 16.2 Å². The van der Waals surface area contributed by atoms with Gasteiger partial charge in [-0.1, -0.05) is 0 Å². The predicted molar refractivity (Wildman–Crippen MR) is 64.6 cm³/mol. The van der Waals surface area contributed by atoms with Crippen molar-refractivity contribution in [3.05, 3.63) is 32.7 Å². The molecule has 0 saturated heterocycles. The van der Waals surface area contributed by atoms with E-state index >= 15 is 0 Å². The zero-order valence-electron chi connectivity index (χ0n) is 8.76. The lowest BCUT2D eigenvalue weighted by Crippen LogP contribution is -1.97. The SMILES string of the molecule is Cc1c(N)c([N+](=O)[O-])cc2cc(C(=O)O)sc12. The van der Waals surface area contributed by atoms with Gasteiger partial charge >= 0.3 is 5.97 Å². The number of nitrogens with zero attached hydrogens (tertiary/aromatic N) is 1. The monoisotopic (exact) mass is 252 g/mol. The van der Waals surface area contributed by atoms with Crippen LogP contribution in [0.1, 0.15) is 15.2 Å². The number of anilines is 1. The highest BCUT2D eigenvalue weighted by Crippen LogP contribution is 2.37. The van der Waals surface area contributed by atoms with Crippen LogP contribution in [0.5, 0.6) is 0 Å². The molecule has 1 heterocycles. The fraction of sp³-hybridized carbons (Fsp3) is 0.100. The van der Waals surface area contributed by atoms with Crippen LogP contribution in [0.3, 0.4) is 0 Å². The van der Waals surface area contributed by atoms with Crippen molar-refractivity contribution < 1.29 is 14.8 Å². The third-order valence-electron chi connectivity index (χ3n) is 2.48. The minimum absolute atomic E-state index is 0.0845. The molecule has 0 saturated carbocycles. The lowest BCUT2D eigenvalue weighted by molar-refractivity contribution is -0.383. The first kappa shape index (κ1) is 11.3. The maximum atomic E-state index is 10.8.